The molecule has 1 fully saturated rings. The van der Waals surface area contributed by atoms with Gasteiger partial charge < -0.3 is 19.5 Å². The number of nitrogens with one attached hydrogen (secondary N) is 1. The van der Waals surface area contributed by atoms with Crippen LogP contribution in [0.5, 0.6) is 0 Å². The molecule has 2 aliphatic rings. The first-order valence-corrected chi connectivity index (χ1v) is 9.57. The van der Waals surface area contributed by atoms with Gasteiger partial charge in [-0.3, -0.25) is 0 Å². The van der Waals surface area contributed by atoms with Gasteiger partial charge in [-0.25, -0.2) is 4.39 Å². The van der Waals surface area contributed by atoms with Crippen molar-refractivity contribution in [2.75, 3.05) is 6.54 Å². The Labute approximate surface area is 161 Å². The lowest BCUT2D eigenvalue weighted by Crippen LogP contribution is -2.35. The lowest BCUT2D eigenvalue weighted by atomic mass is 9.99. The van der Waals surface area contributed by atoms with Gasteiger partial charge in [0.1, 0.15) is 17.7 Å². The Morgan fingerprint density at radius 2 is 2.26 bits per heavy atom. The van der Waals surface area contributed by atoms with Crippen LogP contribution in [0.25, 0.3) is 11.6 Å². The summed E-state index contributed by atoms with van der Waals surface area (Å²) in [6, 6.07) is 1.72. The highest BCUT2D eigenvalue weighted by atomic mass is 35.5. The molecule has 8 heteroatoms. The van der Waals surface area contributed by atoms with Crippen molar-refractivity contribution in [1.29, 1.82) is 0 Å². The van der Waals surface area contributed by atoms with Crippen LogP contribution in [0.1, 0.15) is 50.8 Å². The van der Waals surface area contributed by atoms with Crippen molar-refractivity contribution in [2.45, 2.75) is 51.2 Å². The second kappa shape index (κ2) is 7.48. The Hall–Kier alpha value is -2.12. The minimum Gasteiger partial charge on any atom is -0.374 e. The third-order valence-corrected chi connectivity index (χ3v) is 5.46. The molecule has 144 valence electrons. The number of aromatic amines is 1. The van der Waals surface area contributed by atoms with E-state index in [4.69, 9.17) is 16.1 Å². The van der Waals surface area contributed by atoms with Crippen molar-refractivity contribution in [1.82, 2.24) is 20.0 Å². The summed E-state index contributed by atoms with van der Waals surface area (Å²) in [6.45, 7) is 2.54. The molecule has 0 saturated carbocycles. The first-order chi connectivity index (χ1) is 13.0. The van der Waals surface area contributed by atoms with Gasteiger partial charge in [-0.15, -0.1) is 0 Å². The lowest BCUT2D eigenvalue weighted by molar-refractivity contribution is 0.0209. The van der Waals surface area contributed by atoms with Gasteiger partial charge in [0.05, 0.1) is 10.7 Å². The van der Waals surface area contributed by atoms with Crippen LogP contribution in [0.4, 0.5) is 4.39 Å². The Balaban J connectivity index is 1.51. The van der Waals surface area contributed by atoms with E-state index in [-0.39, 0.29) is 11.7 Å². The highest BCUT2D eigenvalue weighted by Crippen LogP contribution is 2.35. The Morgan fingerprint density at radius 1 is 1.41 bits per heavy atom. The molecule has 0 aromatic carbocycles. The highest BCUT2D eigenvalue weighted by Gasteiger charge is 2.31. The molecule has 2 unspecified atom stereocenters. The number of aliphatic hydroxyl groups is 1. The molecule has 3 heterocycles. The van der Waals surface area contributed by atoms with Crippen LogP contribution in [0.3, 0.4) is 0 Å². The normalized spacial score (nSPS) is 24.1. The monoisotopic (exact) mass is 392 g/mol. The van der Waals surface area contributed by atoms with Crippen molar-refractivity contribution in [3.05, 3.63) is 46.3 Å². The first-order valence-electron chi connectivity index (χ1n) is 9.19. The predicted octanol–water partition coefficient (Wildman–Crippen LogP) is 4.53. The average Bonchev–Trinajstić information content (AvgIpc) is 3.23. The zero-order chi connectivity index (χ0) is 19.0. The summed E-state index contributed by atoms with van der Waals surface area (Å²) in [5.41, 5.74) is 2.29. The van der Waals surface area contributed by atoms with Crippen LogP contribution in [-0.4, -0.2) is 37.9 Å². The van der Waals surface area contributed by atoms with Crippen molar-refractivity contribution >= 4 is 11.6 Å². The van der Waals surface area contributed by atoms with Gasteiger partial charge in [0.15, 0.2) is 5.82 Å². The summed E-state index contributed by atoms with van der Waals surface area (Å²) in [7, 11) is 0. The fraction of sp³-hybridized carbons (Fsp3) is 0.474. The number of nitrogens with zero attached hydrogens (tertiary/aromatic N) is 3. The topological polar surface area (TPSA) is 78.2 Å². The van der Waals surface area contributed by atoms with E-state index in [1.54, 1.807) is 23.2 Å². The number of halogens is 2. The summed E-state index contributed by atoms with van der Waals surface area (Å²) in [5, 5.41) is 15.4. The minimum atomic E-state index is -0.771. The molecule has 0 amide bonds. The third-order valence-electron chi connectivity index (χ3n) is 5.24. The molecule has 27 heavy (non-hydrogen) atoms. The van der Waals surface area contributed by atoms with Crippen LogP contribution in [0, 0.1) is 0 Å². The summed E-state index contributed by atoms with van der Waals surface area (Å²) in [5.74, 6) is 0.652. The molecule has 0 spiro atoms. The minimum absolute atomic E-state index is 0.0440. The van der Waals surface area contributed by atoms with Gasteiger partial charge in [0.2, 0.25) is 0 Å². The van der Waals surface area contributed by atoms with E-state index >= 15 is 0 Å². The molecule has 1 aliphatic carbocycles. The molecule has 2 aromatic heterocycles. The predicted molar refractivity (Wildman–Crippen MR) is 99.5 cm³/mol. The smallest absolute Gasteiger partial charge is 0.274 e. The zero-order valence-electron chi connectivity index (χ0n) is 15.1. The molecular formula is C19H22ClFN4O2. The summed E-state index contributed by atoms with van der Waals surface area (Å²) < 4.78 is 19.7. The van der Waals surface area contributed by atoms with Crippen molar-refractivity contribution in [2.24, 2.45) is 0 Å². The van der Waals surface area contributed by atoms with E-state index in [9.17, 15) is 9.50 Å². The Kier molecular flexibility index (Phi) is 5.06. The second-order valence-electron chi connectivity index (χ2n) is 7.22. The van der Waals surface area contributed by atoms with Crippen LogP contribution >= 0.6 is 11.6 Å². The molecule has 6 nitrogen and oxygen atoms in total. The number of likely N-dealkylation sites (tertiary alicyclic amines) is 1. The number of allylic oxidation sites excluding steroid dienone is 4. The van der Waals surface area contributed by atoms with E-state index in [2.05, 4.69) is 15.1 Å². The molecule has 2 N–H and O–H groups in total. The van der Waals surface area contributed by atoms with Crippen molar-refractivity contribution < 1.29 is 14.0 Å². The molecular weight excluding hydrogens is 371 g/mol. The summed E-state index contributed by atoms with van der Waals surface area (Å²) >= 11 is 5.92. The fourth-order valence-corrected chi connectivity index (χ4v) is 3.96. The number of hydrogen-bond donors (Lipinski definition) is 2. The largest absolute Gasteiger partial charge is 0.374 e. The zero-order valence-corrected chi connectivity index (χ0v) is 15.8. The number of aliphatic hydroxyl groups excluding tert-OH is 1. The van der Waals surface area contributed by atoms with Crippen LogP contribution in [-0.2, 0) is 0 Å². The maximum absolute atomic E-state index is 14.4. The molecule has 4 rings (SSSR count). The van der Waals surface area contributed by atoms with E-state index in [1.807, 2.05) is 6.92 Å². The van der Waals surface area contributed by atoms with Crippen molar-refractivity contribution in [3.8, 4) is 11.6 Å². The average molecular weight is 393 g/mol. The number of rotatable bonds is 3. The molecule has 2 atom stereocenters. The SMILES string of the molecule is CC1=CC(F)=C(N2CCCC(c3noc(-c4cc(Cl)c[nH]4)n3)CC2O)CC1. The third kappa shape index (κ3) is 3.80. The van der Waals surface area contributed by atoms with Crippen LogP contribution < -0.4 is 0 Å². The molecule has 0 radical (unpaired) electrons. The van der Waals surface area contributed by atoms with E-state index in [1.165, 1.54) is 0 Å². The summed E-state index contributed by atoms with van der Waals surface area (Å²) in [4.78, 5) is 9.24. The number of hydrogen-bond acceptors (Lipinski definition) is 5. The van der Waals surface area contributed by atoms with Crippen LogP contribution in [0.2, 0.25) is 5.02 Å². The van der Waals surface area contributed by atoms with Crippen molar-refractivity contribution in [3.63, 3.8) is 0 Å². The van der Waals surface area contributed by atoms with E-state index in [0.29, 0.717) is 47.5 Å². The van der Waals surface area contributed by atoms with Gasteiger partial charge in [-0.2, -0.15) is 4.98 Å². The van der Waals surface area contributed by atoms with Gasteiger partial charge in [-0.1, -0.05) is 22.3 Å². The van der Waals surface area contributed by atoms with Gasteiger partial charge in [-0.05, 0) is 44.7 Å². The summed E-state index contributed by atoms with van der Waals surface area (Å²) in [6.07, 6.45) is 5.95. The van der Waals surface area contributed by atoms with Gasteiger partial charge in [0.25, 0.3) is 5.89 Å². The molecule has 1 aliphatic heterocycles. The molecule has 1 saturated heterocycles. The number of H-pyrrole nitrogens is 1. The van der Waals surface area contributed by atoms with E-state index < -0.39 is 6.23 Å². The molecule has 2 aromatic rings. The Bertz CT molecular complexity index is 888. The molecule has 0 bridgehead atoms. The second-order valence-corrected chi connectivity index (χ2v) is 7.66. The van der Waals surface area contributed by atoms with Crippen LogP contribution in [0.15, 0.2) is 40.0 Å². The quantitative estimate of drug-likeness (QED) is 0.802. The van der Waals surface area contributed by atoms with Gasteiger partial charge >= 0.3 is 0 Å². The van der Waals surface area contributed by atoms with E-state index in [0.717, 1.165) is 24.8 Å². The maximum atomic E-state index is 14.4. The van der Waals surface area contributed by atoms with Gasteiger partial charge in [0, 0.05) is 25.1 Å². The highest BCUT2D eigenvalue weighted by molar-refractivity contribution is 6.30. The lowest BCUT2D eigenvalue weighted by Gasteiger charge is -2.32. The fourth-order valence-electron chi connectivity index (χ4n) is 3.80. The maximum Gasteiger partial charge on any atom is 0.274 e. The first kappa shape index (κ1) is 18.3. The standard InChI is InChI=1S/C19H22ClFN4O2/c1-11-4-5-16(14(21)7-11)25-6-2-3-12(8-17(25)26)18-23-19(27-24-18)15-9-13(20)10-22-15/h7,9-10,12,17,22,26H,2-6,8H2,1H3. The Morgan fingerprint density at radius 3 is 3.00 bits per heavy atom. The number of aromatic nitrogens is 3.